The highest BCUT2D eigenvalue weighted by molar-refractivity contribution is 5.84. The van der Waals surface area contributed by atoms with Crippen LogP contribution in [0.1, 0.15) is 105 Å². The van der Waals surface area contributed by atoms with E-state index in [1.54, 1.807) is 46.3 Å². The summed E-state index contributed by atoms with van der Waals surface area (Å²) in [7, 11) is 1.91. The molecule has 12 aromatic heterocycles. The van der Waals surface area contributed by atoms with Crippen molar-refractivity contribution in [3.05, 3.63) is 308 Å². The zero-order valence-corrected chi connectivity index (χ0v) is 74.6. The van der Waals surface area contributed by atoms with Gasteiger partial charge in [-0.25, -0.2) is 35.6 Å². The number of aromatic nitrogens is 16. The normalized spacial score (nSPS) is 14.7. The number of nitrogens with one attached hydrogen (secondary N) is 1. The van der Waals surface area contributed by atoms with Crippen LogP contribution in [0.3, 0.4) is 0 Å². The fraction of sp³-hybridized carbons (Fsp3) is 0.333. The minimum Gasteiger partial charge on any atom is -0.346 e. The summed E-state index contributed by atoms with van der Waals surface area (Å²) in [4.78, 5) is 89.7. The maximum absolute atomic E-state index is 13.0. The van der Waals surface area contributed by atoms with Crippen molar-refractivity contribution < 1.29 is 23.6 Å². The topological polar surface area (TPSA) is 247 Å². The molecule has 0 saturated carbocycles. The van der Waals surface area contributed by atoms with E-state index in [0.717, 1.165) is 250 Å². The van der Waals surface area contributed by atoms with Crippen LogP contribution in [0.5, 0.6) is 0 Å². The van der Waals surface area contributed by atoms with Crippen LogP contribution in [0, 0.1) is 43.0 Å². The van der Waals surface area contributed by atoms with Gasteiger partial charge in [-0.2, -0.15) is 15.3 Å². The first-order valence-corrected chi connectivity index (χ1v) is 46.1. The fourth-order valence-corrected chi connectivity index (χ4v) is 18.6. The summed E-state index contributed by atoms with van der Waals surface area (Å²) in [5, 5.41) is 15.5. The van der Waals surface area contributed by atoms with E-state index in [1.165, 1.54) is 28.8 Å². The van der Waals surface area contributed by atoms with E-state index in [4.69, 9.17) is 26.5 Å². The molecule has 0 radical (unpaired) electrons. The van der Waals surface area contributed by atoms with Gasteiger partial charge in [-0.1, -0.05) is 103 Å². The predicted octanol–water partition coefficient (Wildman–Crippen LogP) is 18.1. The molecule has 0 aliphatic carbocycles. The molecule has 26 heteroatoms. The molecular formula is C105H112FN21O4. The molecule has 668 valence electrons. The van der Waals surface area contributed by atoms with Gasteiger partial charge in [0.1, 0.15) is 11.5 Å². The third-order valence-corrected chi connectivity index (χ3v) is 26.2. The van der Waals surface area contributed by atoms with Crippen LogP contribution >= 0.6 is 0 Å². The number of carbonyl (C=O) groups is 4. The predicted molar refractivity (Wildman–Crippen MR) is 509 cm³/mol. The molecule has 1 N–H and O–H groups in total. The van der Waals surface area contributed by atoms with Crippen LogP contribution < -0.4 is 0 Å². The van der Waals surface area contributed by atoms with Crippen LogP contribution in [0.4, 0.5) is 4.39 Å². The van der Waals surface area contributed by atoms with Gasteiger partial charge in [-0.05, 0) is 215 Å². The van der Waals surface area contributed by atoms with Crippen LogP contribution in [0.25, 0.3) is 94.1 Å². The molecule has 0 bridgehead atoms. The van der Waals surface area contributed by atoms with E-state index in [1.807, 2.05) is 125 Å². The lowest BCUT2D eigenvalue weighted by Crippen LogP contribution is -2.39. The van der Waals surface area contributed by atoms with Crippen molar-refractivity contribution in [1.82, 2.24) is 97.5 Å². The van der Waals surface area contributed by atoms with Crippen LogP contribution in [0.2, 0.25) is 0 Å². The molecule has 4 fully saturated rings. The highest BCUT2D eigenvalue weighted by Gasteiger charge is 2.29. The highest BCUT2D eigenvalue weighted by Crippen LogP contribution is 2.33. The average molecular weight is 1750 g/mol. The molecule has 25 nitrogen and oxygen atoms in total. The van der Waals surface area contributed by atoms with Gasteiger partial charge in [0.25, 0.3) is 0 Å². The number of fused-ring (bicyclic) bond motifs is 4. The quantitative estimate of drug-likeness (QED) is 0.0524. The van der Waals surface area contributed by atoms with Crippen LogP contribution in [-0.2, 0) is 84.8 Å². The number of hydrogen-bond acceptors (Lipinski definition) is 13. The summed E-state index contributed by atoms with van der Waals surface area (Å²) >= 11 is 0. The molecule has 0 atom stereocenters. The number of hydrogen-bond donors (Lipinski definition) is 1. The molecule has 131 heavy (non-hydrogen) atoms. The molecule has 16 heterocycles. The number of benzene rings is 4. The van der Waals surface area contributed by atoms with Crippen molar-refractivity contribution in [2.45, 2.75) is 143 Å². The van der Waals surface area contributed by atoms with E-state index in [-0.39, 0.29) is 36.1 Å². The van der Waals surface area contributed by atoms with E-state index in [0.29, 0.717) is 55.8 Å². The van der Waals surface area contributed by atoms with Gasteiger partial charge in [-0.3, -0.25) is 43.8 Å². The molecule has 20 rings (SSSR count). The Kier molecular flexibility index (Phi) is 28.9. The van der Waals surface area contributed by atoms with E-state index < -0.39 is 0 Å². The summed E-state index contributed by atoms with van der Waals surface area (Å²) in [6, 6.07) is 62.1. The Hall–Kier alpha value is -14.4. The summed E-state index contributed by atoms with van der Waals surface area (Å²) in [6.45, 7) is 19.7. The molecule has 4 aromatic carbocycles. The van der Waals surface area contributed by atoms with E-state index in [9.17, 15) is 23.6 Å². The molecule has 4 amide bonds. The van der Waals surface area contributed by atoms with Gasteiger partial charge in [0.05, 0.1) is 91.7 Å². The fourth-order valence-electron chi connectivity index (χ4n) is 18.6. The SMILES string of the molecule is Cc1[nH]ncc1-c1ccc2c(ccn2CC2CCN(C(=O)CCc3ccccc3)CC2)n1.Cn1cc(-c2ccc3c(ccn3CC3CCN(C(=O)CCc4ccc(F)cc4)CC3)n2)cn1.O=C(CCc1ccccc1)N1CCC(Cn2ccc3nc(-c4cnccn4)ccc32)CC1.[C-]#[N+]Cn1cc(-c2ccc3c(ccn3CC3CCN(C(=O)CCc4ccccc4)CC3)n2)cn1. The molecular weight excluding hydrogens is 1640 g/mol. The van der Waals surface area contributed by atoms with Crippen molar-refractivity contribution >= 4 is 67.8 Å². The van der Waals surface area contributed by atoms with Gasteiger partial charge in [-0.15, -0.1) is 0 Å². The number of aromatic amines is 1. The van der Waals surface area contributed by atoms with Gasteiger partial charge in [0.15, 0.2) is 0 Å². The first-order chi connectivity index (χ1) is 64.2. The lowest BCUT2D eigenvalue weighted by molar-refractivity contribution is -0.133. The lowest BCUT2D eigenvalue weighted by atomic mass is 9.96. The number of likely N-dealkylation sites (tertiary alicyclic amines) is 4. The Morgan fingerprint density at radius 2 is 0.756 bits per heavy atom. The average Bonchev–Trinajstić information content (AvgIpc) is 1.67. The van der Waals surface area contributed by atoms with Crippen molar-refractivity contribution in [2.75, 3.05) is 52.4 Å². The first-order valence-electron chi connectivity index (χ1n) is 46.1. The van der Waals surface area contributed by atoms with Crippen molar-refractivity contribution in [3.8, 4) is 45.2 Å². The van der Waals surface area contributed by atoms with Crippen molar-refractivity contribution in [3.63, 3.8) is 0 Å². The lowest BCUT2D eigenvalue weighted by Gasteiger charge is -2.32. The van der Waals surface area contributed by atoms with Crippen molar-refractivity contribution in [2.24, 2.45) is 30.7 Å². The molecule has 4 saturated heterocycles. The highest BCUT2D eigenvalue weighted by atomic mass is 19.1. The second-order valence-corrected chi connectivity index (χ2v) is 35.1. The van der Waals surface area contributed by atoms with Gasteiger partial charge >= 0.3 is 6.67 Å². The summed E-state index contributed by atoms with van der Waals surface area (Å²) < 4.78 is 25.6. The van der Waals surface area contributed by atoms with Gasteiger partial charge in [0.2, 0.25) is 23.6 Å². The van der Waals surface area contributed by atoms with E-state index >= 15 is 0 Å². The number of amides is 4. The van der Waals surface area contributed by atoms with Gasteiger partial charge < -0.3 is 37.9 Å². The molecule has 0 unspecified atom stereocenters. The minimum atomic E-state index is -0.243. The Morgan fingerprint density at radius 1 is 0.397 bits per heavy atom. The number of H-pyrrole nitrogens is 1. The molecule has 16 aromatic rings. The zero-order valence-electron chi connectivity index (χ0n) is 74.6. The summed E-state index contributed by atoms with van der Waals surface area (Å²) in [5.41, 5.74) is 21.6. The number of rotatable bonds is 25. The largest absolute Gasteiger partial charge is 0.346 e. The number of piperidine rings is 4. The number of aryl methyl sites for hydroxylation is 6. The van der Waals surface area contributed by atoms with Crippen LogP contribution in [-0.4, -0.2) is 174 Å². The molecule has 0 spiro atoms. The number of pyridine rings is 4. The van der Waals surface area contributed by atoms with E-state index in [2.05, 4.69) is 175 Å². The standard InChI is InChI=1S/C27H28N6O.C26H28FN5O.C26H29N5O.C26H27N5O/c1-28-20-33-19-23(17-29-33)24-8-9-26-25(30-24)13-16-32(26)18-22-11-14-31(15-12-22)27(34)10-7-21-5-3-2-4-6-21;1-30-18-21(16-28-30)23-7-8-25-24(29-23)12-15-32(25)17-20-10-13-31(14-11-20)26(33)9-4-19-2-5-22(27)6-3-19;1-19-22(17-27-29-19)23-8-9-25-24(28-23)13-16-31(25)18-21-11-14-30(15-12-21)26(32)10-7-20-5-3-2-4-6-20;32-26(9-6-20-4-2-1-3-5-20)30-15-10-21(11-16-30)19-31-17-12-23-25(31)8-7-22(29-23)24-18-27-13-14-28-24/h2-6,8-9,13,16-17,19,22H,7,10-12,14-15,18,20H2;2-3,5-8,12,15-16,18,20H,4,9-11,13-14,17H2,1H3;2-6,8-9,13,16-17,21H,7,10-12,14-15,18H2,1H3,(H,27,29);1-5,7-8,12-14,17-18,21H,6,9-11,15-16,19H2. The minimum absolute atomic E-state index is 0.191. The Morgan fingerprint density at radius 3 is 1.11 bits per heavy atom. The third kappa shape index (κ3) is 23.0. The monoisotopic (exact) mass is 1750 g/mol. The third-order valence-electron chi connectivity index (χ3n) is 26.2. The number of nitrogens with zero attached hydrogens (tertiary/aromatic N) is 20. The second-order valence-electron chi connectivity index (χ2n) is 35.1. The van der Waals surface area contributed by atoms with Crippen molar-refractivity contribution in [1.29, 1.82) is 0 Å². The number of halogens is 1. The summed E-state index contributed by atoms with van der Waals surface area (Å²) in [6.07, 6.45) is 36.4. The molecule has 4 aliphatic heterocycles. The number of carbonyl (C=O) groups excluding carboxylic acids is 4. The zero-order chi connectivity index (χ0) is 89.8. The van der Waals surface area contributed by atoms with Gasteiger partial charge in [0, 0.05) is 183 Å². The first kappa shape index (κ1) is 88.7. The second kappa shape index (κ2) is 42.7. The Bertz CT molecular complexity index is 6520. The maximum atomic E-state index is 13.0. The summed E-state index contributed by atoms with van der Waals surface area (Å²) in [5.74, 6) is 3.03. The van der Waals surface area contributed by atoms with Crippen LogP contribution in [0.15, 0.2) is 262 Å². The smallest absolute Gasteiger partial charge is 0.307 e. The molecule has 4 aliphatic rings. The maximum Gasteiger partial charge on any atom is 0.307 e. The Labute approximate surface area is 762 Å². The Balaban J connectivity index is 0.000000122.